The normalized spacial score (nSPS) is 14.9. The maximum absolute atomic E-state index is 12.1. The van der Waals surface area contributed by atoms with E-state index in [2.05, 4.69) is 33.4 Å². The predicted octanol–water partition coefficient (Wildman–Crippen LogP) is 2.61. The first-order chi connectivity index (χ1) is 10.8. The lowest BCUT2D eigenvalue weighted by molar-refractivity contribution is 0.0946. The van der Waals surface area contributed by atoms with Crippen molar-refractivity contribution in [3.63, 3.8) is 0 Å². The number of pyridine rings is 1. The van der Waals surface area contributed by atoms with Crippen molar-refractivity contribution in [1.29, 1.82) is 0 Å². The molecule has 2 aromatic rings. The summed E-state index contributed by atoms with van der Waals surface area (Å²) >= 11 is 0. The second kappa shape index (κ2) is 7.18. The van der Waals surface area contributed by atoms with Crippen LogP contribution < -0.4 is 5.32 Å². The van der Waals surface area contributed by atoms with Gasteiger partial charge >= 0.3 is 0 Å². The molecule has 0 atom stereocenters. The number of hydrogen-bond acceptors (Lipinski definition) is 3. The minimum Gasteiger partial charge on any atom is -0.347 e. The van der Waals surface area contributed by atoms with E-state index in [-0.39, 0.29) is 5.91 Å². The van der Waals surface area contributed by atoms with Crippen molar-refractivity contribution >= 4 is 5.91 Å². The fourth-order valence-electron chi connectivity index (χ4n) is 2.83. The van der Waals surface area contributed by atoms with Crippen molar-refractivity contribution < 1.29 is 4.79 Å². The molecule has 1 aliphatic heterocycles. The molecule has 0 radical (unpaired) electrons. The van der Waals surface area contributed by atoms with E-state index in [0.29, 0.717) is 12.2 Å². The van der Waals surface area contributed by atoms with Crippen LogP contribution in [0.15, 0.2) is 48.7 Å². The second-order valence-electron chi connectivity index (χ2n) is 5.65. The lowest BCUT2D eigenvalue weighted by Gasteiger charge is -2.17. The molecule has 1 aromatic heterocycles. The van der Waals surface area contributed by atoms with Gasteiger partial charge in [-0.25, -0.2) is 0 Å². The van der Waals surface area contributed by atoms with E-state index in [1.54, 1.807) is 12.3 Å². The molecule has 0 bridgehead atoms. The Morgan fingerprint density at radius 2 is 1.77 bits per heavy atom. The van der Waals surface area contributed by atoms with E-state index >= 15 is 0 Å². The number of carbonyl (C=O) groups is 1. The van der Waals surface area contributed by atoms with Gasteiger partial charge in [-0.2, -0.15) is 0 Å². The number of nitrogens with one attached hydrogen (secondary N) is 1. The summed E-state index contributed by atoms with van der Waals surface area (Å²) in [5.74, 6) is -0.128. The summed E-state index contributed by atoms with van der Waals surface area (Å²) in [4.78, 5) is 18.6. The van der Waals surface area contributed by atoms with Gasteiger partial charge in [0, 0.05) is 19.3 Å². The molecule has 1 saturated heterocycles. The summed E-state index contributed by atoms with van der Waals surface area (Å²) in [6, 6.07) is 13.7. The molecular weight excluding hydrogens is 274 g/mol. The number of rotatable bonds is 5. The van der Waals surface area contributed by atoms with E-state index in [9.17, 15) is 4.79 Å². The smallest absolute Gasteiger partial charge is 0.270 e. The molecule has 0 saturated carbocycles. The Labute approximate surface area is 131 Å². The van der Waals surface area contributed by atoms with E-state index in [4.69, 9.17) is 0 Å². The van der Waals surface area contributed by atoms with Gasteiger partial charge in [0.2, 0.25) is 0 Å². The third-order valence-electron chi connectivity index (χ3n) is 4.05. The first-order valence-electron chi connectivity index (χ1n) is 7.81. The summed E-state index contributed by atoms with van der Waals surface area (Å²) in [6.07, 6.45) is 4.22. The van der Waals surface area contributed by atoms with Crippen LogP contribution >= 0.6 is 0 Å². The zero-order valence-corrected chi connectivity index (χ0v) is 12.7. The average Bonchev–Trinajstić information content (AvgIpc) is 3.07. The third kappa shape index (κ3) is 3.71. The van der Waals surface area contributed by atoms with Crippen LogP contribution in [0, 0.1) is 0 Å². The molecule has 0 unspecified atom stereocenters. The minimum absolute atomic E-state index is 0.128. The zero-order valence-electron chi connectivity index (χ0n) is 12.7. The number of carbonyl (C=O) groups excluding carboxylic acids is 1. The quantitative estimate of drug-likeness (QED) is 0.922. The van der Waals surface area contributed by atoms with Crippen molar-refractivity contribution in [2.24, 2.45) is 0 Å². The molecule has 3 rings (SSSR count). The molecule has 1 N–H and O–H groups in total. The maximum atomic E-state index is 12.1. The molecule has 1 fully saturated rings. The van der Waals surface area contributed by atoms with Crippen molar-refractivity contribution in [1.82, 2.24) is 15.2 Å². The SMILES string of the molecule is O=C(NCc1ccccc1CN1CCCC1)c1ccccn1. The highest BCUT2D eigenvalue weighted by molar-refractivity contribution is 5.92. The number of aromatic nitrogens is 1. The molecule has 2 heterocycles. The van der Waals surface area contributed by atoms with Gasteiger partial charge in [0.05, 0.1) is 0 Å². The predicted molar refractivity (Wildman–Crippen MR) is 86.4 cm³/mol. The van der Waals surface area contributed by atoms with Crippen LogP contribution in [0.25, 0.3) is 0 Å². The highest BCUT2D eigenvalue weighted by Gasteiger charge is 2.14. The monoisotopic (exact) mass is 295 g/mol. The highest BCUT2D eigenvalue weighted by Crippen LogP contribution is 2.16. The van der Waals surface area contributed by atoms with Gasteiger partial charge in [0.15, 0.2) is 0 Å². The van der Waals surface area contributed by atoms with Gasteiger partial charge < -0.3 is 5.32 Å². The molecule has 114 valence electrons. The van der Waals surface area contributed by atoms with Crippen LogP contribution in [0.5, 0.6) is 0 Å². The Kier molecular flexibility index (Phi) is 4.81. The Morgan fingerprint density at radius 3 is 2.50 bits per heavy atom. The van der Waals surface area contributed by atoms with Crippen molar-refractivity contribution in [2.45, 2.75) is 25.9 Å². The van der Waals surface area contributed by atoms with Gasteiger partial charge in [-0.05, 0) is 49.2 Å². The van der Waals surface area contributed by atoms with Gasteiger partial charge in [-0.3, -0.25) is 14.7 Å². The largest absolute Gasteiger partial charge is 0.347 e. The molecule has 1 aromatic carbocycles. The number of hydrogen-bond donors (Lipinski definition) is 1. The number of nitrogens with zero attached hydrogens (tertiary/aromatic N) is 2. The van der Waals surface area contributed by atoms with Crippen LogP contribution in [0.2, 0.25) is 0 Å². The number of benzene rings is 1. The van der Waals surface area contributed by atoms with E-state index in [1.165, 1.54) is 37.1 Å². The van der Waals surface area contributed by atoms with E-state index in [1.807, 2.05) is 18.2 Å². The van der Waals surface area contributed by atoms with E-state index < -0.39 is 0 Å². The van der Waals surface area contributed by atoms with Crippen LogP contribution in [0.3, 0.4) is 0 Å². The lowest BCUT2D eigenvalue weighted by Crippen LogP contribution is -2.25. The molecular formula is C18H21N3O. The summed E-state index contributed by atoms with van der Waals surface area (Å²) in [7, 11) is 0. The zero-order chi connectivity index (χ0) is 15.2. The standard InChI is InChI=1S/C18H21N3O/c22-18(17-9-3-4-10-19-17)20-13-15-7-1-2-8-16(15)14-21-11-5-6-12-21/h1-4,7-10H,5-6,11-14H2,(H,20,22). The van der Waals surface area contributed by atoms with Gasteiger partial charge in [0.1, 0.15) is 5.69 Å². The van der Waals surface area contributed by atoms with Crippen molar-refractivity contribution in [3.8, 4) is 0 Å². The van der Waals surface area contributed by atoms with Gasteiger partial charge in [0.25, 0.3) is 5.91 Å². The summed E-state index contributed by atoms with van der Waals surface area (Å²) in [5, 5.41) is 2.96. The first kappa shape index (κ1) is 14.7. The molecule has 4 nitrogen and oxygen atoms in total. The van der Waals surface area contributed by atoms with Crippen LogP contribution in [-0.2, 0) is 13.1 Å². The maximum Gasteiger partial charge on any atom is 0.270 e. The van der Waals surface area contributed by atoms with Crippen molar-refractivity contribution in [2.75, 3.05) is 13.1 Å². The van der Waals surface area contributed by atoms with Crippen LogP contribution in [-0.4, -0.2) is 28.9 Å². The van der Waals surface area contributed by atoms with E-state index in [0.717, 1.165) is 6.54 Å². The highest BCUT2D eigenvalue weighted by atomic mass is 16.1. The first-order valence-corrected chi connectivity index (χ1v) is 7.81. The van der Waals surface area contributed by atoms with Gasteiger partial charge in [-0.15, -0.1) is 0 Å². The van der Waals surface area contributed by atoms with Crippen LogP contribution in [0.1, 0.15) is 34.5 Å². The minimum atomic E-state index is -0.128. The fourth-order valence-corrected chi connectivity index (χ4v) is 2.83. The number of amides is 1. The summed E-state index contributed by atoms with van der Waals surface area (Å²) in [6.45, 7) is 3.86. The van der Waals surface area contributed by atoms with Crippen molar-refractivity contribution in [3.05, 3.63) is 65.5 Å². The molecule has 22 heavy (non-hydrogen) atoms. The molecule has 0 aliphatic carbocycles. The molecule has 1 aliphatic rings. The Bertz CT molecular complexity index is 621. The van der Waals surface area contributed by atoms with Gasteiger partial charge in [-0.1, -0.05) is 30.3 Å². The Morgan fingerprint density at radius 1 is 1.05 bits per heavy atom. The summed E-state index contributed by atoms with van der Waals surface area (Å²) in [5.41, 5.74) is 2.93. The lowest BCUT2D eigenvalue weighted by atomic mass is 10.1. The van der Waals surface area contributed by atoms with Crippen LogP contribution in [0.4, 0.5) is 0 Å². The molecule has 4 heteroatoms. The topological polar surface area (TPSA) is 45.2 Å². The average molecular weight is 295 g/mol. The fraction of sp³-hybridized carbons (Fsp3) is 0.333. The number of likely N-dealkylation sites (tertiary alicyclic amines) is 1. The third-order valence-corrected chi connectivity index (χ3v) is 4.05. The molecule has 0 spiro atoms. The second-order valence-corrected chi connectivity index (χ2v) is 5.65. The molecule has 1 amide bonds. The Hall–Kier alpha value is -2.20. The Balaban J connectivity index is 1.63. The summed E-state index contributed by atoms with van der Waals surface area (Å²) < 4.78 is 0.